The van der Waals surface area contributed by atoms with Crippen LogP contribution in [-0.4, -0.2) is 48.3 Å². The zero-order valence-electron chi connectivity index (χ0n) is 10.4. The molecule has 17 heavy (non-hydrogen) atoms. The zero-order valence-corrected chi connectivity index (χ0v) is 10.4. The van der Waals surface area contributed by atoms with Gasteiger partial charge in [0.25, 0.3) is 0 Å². The van der Waals surface area contributed by atoms with Crippen LogP contribution in [0, 0.1) is 0 Å². The Labute approximate surface area is 101 Å². The highest BCUT2D eigenvalue weighted by molar-refractivity contribution is 5.80. The van der Waals surface area contributed by atoms with E-state index >= 15 is 0 Å². The lowest BCUT2D eigenvalue weighted by atomic mass is 10.2. The first kappa shape index (κ1) is 13.7. The summed E-state index contributed by atoms with van der Waals surface area (Å²) < 4.78 is 5.10. The van der Waals surface area contributed by atoms with Crippen molar-refractivity contribution >= 4 is 12.0 Å². The first-order chi connectivity index (χ1) is 7.79. The molecular weight excluding hydrogens is 224 g/mol. The molecule has 1 saturated heterocycles. The molecule has 1 aliphatic heterocycles. The van der Waals surface area contributed by atoms with Gasteiger partial charge in [-0.2, -0.15) is 0 Å². The number of hydrogen-bond acceptors (Lipinski definition) is 5. The highest BCUT2D eigenvalue weighted by atomic mass is 16.6. The quantitative estimate of drug-likeness (QED) is 0.590. The average molecular weight is 244 g/mol. The number of nitrogens with two attached hydrogens (primary N) is 1. The second kappa shape index (κ2) is 5.33. The topological polar surface area (TPSA) is 96.7 Å². The molecule has 1 fully saturated rings. The fraction of sp³-hybridized carbons (Fsp3) is 0.800. The second-order valence-electron chi connectivity index (χ2n) is 4.93. The number of carbonyl (C=O) groups excluding carboxylic acids is 2. The number of hydrogen-bond donors (Lipinski definition) is 3. The summed E-state index contributed by atoms with van der Waals surface area (Å²) in [4.78, 5) is 22.7. The van der Waals surface area contributed by atoms with Crippen molar-refractivity contribution in [2.45, 2.75) is 32.4 Å². The Balaban J connectivity index is 2.53. The van der Waals surface area contributed by atoms with Gasteiger partial charge in [0, 0.05) is 19.6 Å². The van der Waals surface area contributed by atoms with E-state index in [1.165, 1.54) is 5.01 Å². The van der Waals surface area contributed by atoms with Crippen LogP contribution in [0.4, 0.5) is 4.79 Å². The van der Waals surface area contributed by atoms with E-state index < -0.39 is 23.6 Å². The van der Waals surface area contributed by atoms with Crippen LogP contribution in [-0.2, 0) is 9.53 Å². The Morgan fingerprint density at radius 1 is 1.47 bits per heavy atom. The van der Waals surface area contributed by atoms with Gasteiger partial charge in [-0.1, -0.05) is 0 Å². The monoisotopic (exact) mass is 244 g/mol. The van der Waals surface area contributed by atoms with Crippen molar-refractivity contribution in [2.24, 2.45) is 5.73 Å². The Bertz CT molecular complexity index is 300. The first-order valence-electron chi connectivity index (χ1n) is 5.56. The molecule has 0 saturated carbocycles. The molecule has 1 aliphatic rings. The maximum atomic E-state index is 11.5. The van der Waals surface area contributed by atoms with Crippen molar-refractivity contribution in [3.05, 3.63) is 0 Å². The number of nitrogens with zero attached hydrogens (tertiary/aromatic N) is 1. The second-order valence-corrected chi connectivity index (χ2v) is 4.93. The minimum atomic E-state index is -0.578. The number of primary amides is 1. The third-order valence-corrected chi connectivity index (χ3v) is 2.21. The summed E-state index contributed by atoms with van der Waals surface area (Å²) >= 11 is 0. The number of ether oxygens (including phenoxy) is 1. The van der Waals surface area contributed by atoms with E-state index in [-0.39, 0.29) is 0 Å². The molecule has 7 nitrogen and oxygen atoms in total. The van der Waals surface area contributed by atoms with Crippen molar-refractivity contribution in [1.82, 2.24) is 15.8 Å². The fourth-order valence-electron chi connectivity index (χ4n) is 1.51. The summed E-state index contributed by atoms with van der Waals surface area (Å²) in [6.07, 6.45) is -0.578. The van der Waals surface area contributed by atoms with E-state index in [2.05, 4.69) is 10.7 Å². The molecular formula is C10H20N4O3. The molecule has 0 aliphatic carbocycles. The van der Waals surface area contributed by atoms with Gasteiger partial charge < -0.3 is 15.8 Å². The van der Waals surface area contributed by atoms with Gasteiger partial charge in [-0.25, -0.2) is 9.80 Å². The predicted molar refractivity (Wildman–Crippen MR) is 61.9 cm³/mol. The molecule has 0 unspecified atom stereocenters. The highest BCUT2D eigenvalue weighted by Gasteiger charge is 2.29. The van der Waals surface area contributed by atoms with Crippen molar-refractivity contribution < 1.29 is 14.3 Å². The van der Waals surface area contributed by atoms with Gasteiger partial charge in [-0.15, -0.1) is 0 Å². The summed E-state index contributed by atoms with van der Waals surface area (Å²) in [7, 11) is 0. The van der Waals surface area contributed by atoms with Gasteiger partial charge in [-0.05, 0) is 20.8 Å². The Kier molecular flexibility index (Phi) is 4.30. The van der Waals surface area contributed by atoms with Crippen LogP contribution in [0.5, 0.6) is 0 Å². The van der Waals surface area contributed by atoms with E-state index in [9.17, 15) is 9.59 Å². The molecule has 1 atom stereocenters. The van der Waals surface area contributed by atoms with Crippen LogP contribution in [0.3, 0.4) is 0 Å². The lowest BCUT2D eigenvalue weighted by molar-refractivity contribution is -0.125. The fourth-order valence-corrected chi connectivity index (χ4v) is 1.51. The van der Waals surface area contributed by atoms with Gasteiger partial charge in [0.15, 0.2) is 0 Å². The molecule has 1 rings (SSSR count). The zero-order chi connectivity index (χ0) is 13.1. The Morgan fingerprint density at radius 3 is 2.65 bits per heavy atom. The molecule has 0 radical (unpaired) electrons. The predicted octanol–water partition coefficient (Wildman–Crippen LogP) is -0.815. The van der Waals surface area contributed by atoms with Crippen LogP contribution >= 0.6 is 0 Å². The lowest BCUT2D eigenvalue weighted by Crippen LogP contribution is -2.62. The SMILES string of the molecule is CC(C)(C)OC(=O)NN1CCNC[C@H]1C(N)=O. The van der Waals surface area contributed by atoms with E-state index in [1.54, 1.807) is 20.8 Å². The molecule has 2 amide bonds. The normalized spacial score (nSPS) is 21.9. The third kappa shape index (κ3) is 4.58. The molecule has 0 spiro atoms. The molecule has 0 aromatic rings. The van der Waals surface area contributed by atoms with Gasteiger partial charge >= 0.3 is 6.09 Å². The largest absolute Gasteiger partial charge is 0.443 e. The van der Waals surface area contributed by atoms with E-state index in [0.717, 1.165) is 0 Å². The van der Waals surface area contributed by atoms with E-state index in [1.807, 2.05) is 0 Å². The minimum absolute atomic E-state index is 0.422. The summed E-state index contributed by atoms with van der Waals surface area (Å²) in [6.45, 7) is 6.93. The van der Waals surface area contributed by atoms with Crippen molar-refractivity contribution in [3.8, 4) is 0 Å². The summed E-state index contributed by atoms with van der Waals surface area (Å²) in [5.74, 6) is -0.478. The standard InChI is InChI=1S/C10H20N4O3/c1-10(2,3)17-9(16)13-14-5-4-12-6-7(14)8(11)15/h7,12H,4-6H2,1-3H3,(H2,11,15)(H,13,16)/t7-/m0/s1. The molecule has 1 heterocycles. The third-order valence-electron chi connectivity index (χ3n) is 2.21. The van der Waals surface area contributed by atoms with E-state index in [4.69, 9.17) is 10.5 Å². The van der Waals surface area contributed by atoms with Crippen LogP contribution in [0.25, 0.3) is 0 Å². The Morgan fingerprint density at radius 2 is 2.12 bits per heavy atom. The number of carbonyl (C=O) groups is 2. The molecule has 4 N–H and O–H groups in total. The summed E-state index contributed by atoms with van der Waals surface area (Å²) in [5.41, 5.74) is 7.22. The number of piperazine rings is 1. The number of nitrogens with one attached hydrogen (secondary N) is 2. The smallest absolute Gasteiger partial charge is 0.422 e. The van der Waals surface area contributed by atoms with Crippen molar-refractivity contribution in [1.29, 1.82) is 0 Å². The first-order valence-corrected chi connectivity index (χ1v) is 5.56. The van der Waals surface area contributed by atoms with Gasteiger partial charge in [-0.3, -0.25) is 10.2 Å². The molecule has 0 aromatic heterocycles. The van der Waals surface area contributed by atoms with Crippen molar-refractivity contribution in [3.63, 3.8) is 0 Å². The van der Waals surface area contributed by atoms with Crippen molar-refractivity contribution in [2.75, 3.05) is 19.6 Å². The molecule has 98 valence electrons. The van der Waals surface area contributed by atoms with Gasteiger partial charge in [0.2, 0.25) is 5.91 Å². The maximum absolute atomic E-state index is 11.5. The number of rotatable bonds is 2. The van der Waals surface area contributed by atoms with E-state index in [0.29, 0.717) is 19.6 Å². The number of amides is 2. The average Bonchev–Trinajstić information content (AvgIpc) is 2.14. The number of hydrazine groups is 1. The lowest BCUT2D eigenvalue weighted by Gasteiger charge is -2.34. The van der Waals surface area contributed by atoms with Gasteiger partial charge in [0.1, 0.15) is 11.6 Å². The van der Waals surface area contributed by atoms with Crippen LogP contribution in [0.15, 0.2) is 0 Å². The Hall–Kier alpha value is -1.34. The molecule has 0 aromatic carbocycles. The van der Waals surface area contributed by atoms with Gasteiger partial charge in [0.05, 0.1) is 0 Å². The maximum Gasteiger partial charge on any atom is 0.422 e. The molecule has 7 heteroatoms. The highest BCUT2D eigenvalue weighted by Crippen LogP contribution is 2.07. The summed E-state index contributed by atoms with van der Waals surface area (Å²) in [6, 6.07) is -0.545. The van der Waals surface area contributed by atoms with Crippen LogP contribution in [0.2, 0.25) is 0 Å². The van der Waals surface area contributed by atoms with Crippen LogP contribution in [0.1, 0.15) is 20.8 Å². The molecule has 0 bridgehead atoms. The minimum Gasteiger partial charge on any atom is -0.443 e. The summed E-state index contributed by atoms with van der Waals surface area (Å²) in [5, 5.41) is 4.54. The van der Waals surface area contributed by atoms with Crippen LogP contribution < -0.4 is 16.5 Å².